The zero-order chi connectivity index (χ0) is 19.6. The standard InChI is InChI=1S/C21H33N3O2S/c1-4-18-9-6-7-13-24(18)14-8-12-22-21(27)23-19-11-10-17(15-16(19)3)20(25)26-5-2/h10-11,15,18H,4-9,12-14H2,1-3H3,(H2,22,23,27). The van der Waals surface area contributed by atoms with Crippen LogP contribution in [0.15, 0.2) is 18.2 Å². The van der Waals surface area contributed by atoms with Crippen LogP contribution in [0.3, 0.4) is 0 Å². The minimum atomic E-state index is -0.295. The van der Waals surface area contributed by atoms with Gasteiger partial charge in [-0.05, 0) is 82.1 Å². The number of nitrogens with zero attached hydrogens (tertiary/aromatic N) is 1. The van der Waals surface area contributed by atoms with Crippen LogP contribution >= 0.6 is 12.2 Å². The first-order valence-corrected chi connectivity index (χ1v) is 10.5. The van der Waals surface area contributed by atoms with Gasteiger partial charge in [0.25, 0.3) is 0 Å². The van der Waals surface area contributed by atoms with Crippen LogP contribution in [0.5, 0.6) is 0 Å². The Balaban J connectivity index is 1.74. The minimum Gasteiger partial charge on any atom is -0.462 e. The smallest absolute Gasteiger partial charge is 0.338 e. The summed E-state index contributed by atoms with van der Waals surface area (Å²) in [5.74, 6) is -0.295. The number of carbonyl (C=O) groups excluding carboxylic acids is 1. The Morgan fingerprint density at radius 2 is 2.15 bits per heavy atom. The number of thiocarbonyl (C=S) groups is 1. The van der Waals surface area contributed by atoms with Crippen LogP contribution in [0.2, 0.25) is 0 Å². The van der Waals surface area contributed by atoms with Gasteiger partial charge in [0, 0.05) is 24.8 Å². The normalized spacial score (nSPS) is 17.4. The molecule has 1 heterocycles. The number of ether oxygens (including phenoxy) is 1. The van der Waals surface area contributed by atoms with Crippen LogP contribution in [0, 0.1) is 6.92 Å². The number of rotatable bonds is 8. The van der Waals surface area contributed by atoms with Crippen LogP contribution in [0.1, 0.15) is 61.9 Å². The van der Waals surface area contributed by atoms with E-state index in [1.807, 2.05) is 19.1 Å². The molecule has 0 amide bonds. The van der Waals surface area contributed by atoms with E-state index >= 15 is 0 Å². The summed E-state index contributed by atoms with van der Waals surface area (Å²) in [5, 5.41) is 7.13. The minimum absolute atomic E-state index is 0.295. The number of hydrogen-bond acceptors (Lipinski definition) is 4. The van der Waals surface area contributed by atoms with Gasteiger partial charge in [-0.15, -0.1) is 0 Å². The van der Waals surface area contributed by atoms with Crippen LogP contribution in [0.4, 0.5) is 5.69 Å². The van der Waals surface area contributed by atoms with Crippen LogP contribution in [-0.2, 0) is 4.74 Å². The first kappa shape index (κ1) is 21.6. The van der Waals surface area contributed by atoms with Crippen LogP contribution in [-0.4, -0.2) is 48.3 Å². The van der Waals surface area contributed by atoms with Crippen molar-refractivity contribution >= 4 is 29.0 Å². The Morgan fingerprint density at radius 1 is 1.33 bits per heavy atom. The van der Waals surface area contributed by atoms with Gasteiger partial charge in [0.1, 0.15) is 0 Å². The van der Waals surface area contributed by atoms with E-state index in [0.717, 1.165) is 36.8 Å². The molecule has 1 aliphatic rings. The summed E-state index contributed by atoms with van der Waals surface area (Å²) in [6.07, 6.45) is 6.36. The van der Waals surface area contributed by atoms with Crippen molar-refractivity contribution in [2.45, 2.75) is 58.9 Å². The van der Waals surface area contributed by atoms with Crippen molar-refractivity contribution in [1.82, 2.24) is 10.2 Å². The summed E-state index contributed by atoms with van der Waals surface area (Å²) in [6.45, 7) is 9.64. The quantitative estimate of drug-likeness (QED) is 0.395. The predicted octanol–water partition coefficient (Wildman–Crippen LogP) is 4.11. The predicted molar refractivity (Wildman–Crippen MR) is 115 cm³/mol. The highest BCUT2D eigenvalue weighted by Gasteiger charge is 2.19. The third-order valence-electron chi connectivity index (χ3n) is 5.11. The molecule has 27 heavy (non-hydrogen) atoms. The first-order chi connectivity index (χ1) is 13.0. The van der Waals surface area contributed by atoms with Crippen molar-refractivity contribution in [2.75, 3.05) is 31.6 Å². The van der Waals surface area contributed by atoms with Gasteiger partial charge in [-0.25, -0.2) is 4.79 Å². The van der Waals surface area contributed by atoms with E-state index in [2.05, 4.69) is 22.5 Å². The number of aryl methyl sites for hydroxylation is 1. The maximum absolute atomic E-state index is 11.8. The number of carbonyl (C=O) groups is 1. The fraction of sp³-hybridized carbons (Fsp3) is 0.619. The second kappa shape index (κ2) is 11.2. The molecule has 1 aromatic carbocycles. The molecule has 1 unspecified atom stereocenters. The van der Waals surface area contributed by atoms with E-state index in [4.69, 9.17) is 17.0 Å². The van der Waals surface area contributed by atoms with E-state index in [0.29, 0.717) is 17.3 Å². The molecular weight excluding hydrogens is 358 g/mol. The Kier molecular flexibility index (Phi) is 9.01. The number of benzene rings is 1. The molecule has 0 saturated carbocycles. The van der Waals surface area contributed by atoms with Gasteiger partial charge in [-0.3, -0.25) is 0 Å². The van der Waals surface area contributed by atoms with Gasteiger partial charge in [-0.2, -0.15) is 0 Å². The van der Waals surface area contributed by atoms with Crippen LogP contribution < -0.4 is 10.6 Å². The third kappa shape index (κ3) is 6.78. The number of piperidine rings is 1. The maximum Gasteiger partial charge on any atom is 0.338 e. The van der Waals surface area contributed by atoms with Crippen molar-refractivity contribution in [2.24, 2.45) is 0 Å². The molecule has 1 fully saturated rings. The molecule has 1 aliphatic heterocycles. The Labute approximate surface area is 168 Å². The van der Waals surface area contributed by atoms with E-state index in [9.17, 15) is 4.79 Å². The monoisotopic (exact) mass is 391 g/mol. The number of esters is 1. The molecule has 5 nitrogen and oxygen atoms in total. The van der Waals surface area contributed by atoms with E-state index < -0.39 is 0 Å². The molecule has 150 valence electrons. The average Bonchev–Trinajstić information content (AvgIpc) is 2.67. The zero-order valence-electron chi connectivity index (χ0n) is 16.8. The lowest BCUT2D eigenvalue weighted by atomic mass is 10.00. The molecule has 6 heteroatoms. The van der Waals surface area contributed by atoms with Crippen LogP contribution in [0.25, 0.3) is 0 Å². The SMILES string of the molecule is CCOC(=O)c1ccc(NC(=S)NCCCN2CCCCC2CC)c(C)c1. The van der Waals surface area contributed by atoms with E-state index in [1.165, 1.54) is 32.2 Å². The van der Waals surface area contributed by atoms with E-state index in [1.54, 1.807) is 13.0 Å². The number of hydrogen-bond donors (Lipinski definition) is 2. The lowest BCUT2D eigenvalue weighted by Gasteiger charge is -2.35. The fourth-order valence-corrected chi connectivity index (χ4v) is 3.82. The van der Waals surface area contributed by atoms with Gasteiger partial charge < -0.3 is 20.3 Å². The molecule has 2 N–H and O–H groups in total. The summed E-state index contributed by atoms with van der Waals surface area (Å²) < 4.78 is 5.03. The van der Waals surface area contributed by atoms with Gasteiger partial charge in [0.2, 0.25) is 0 Å². The second-order valence-corrected chi connectivity index (χ2v) is 7.49. The lowest BCUT2D eigenvalue weighted by molar-refractivity contribution is 0.0526. The molecule has 1 saturated heterocycles. The summed E-state index contributed by atoms with van der Waals surface area (Å²) in [6, 6.07) is 6.21. The molecule has 0 aliphatic carbocycles. The Bertz CT molecular complexity index is 636. The summed E-state index contributed by atoms with van der Waals surface area (Å²) >= 11 is 5.41. The van der Waals surface area contributed by atoms with Gasteiger partial charge in [0.15, 0.2) is 5.11 Å². The van der Waals surface area contributed by atoms with Crippen molar-refractivity contribution in [1.29, 1.82) is 0 Å². The fourth-order valence-electron chi connectivity index (χ4n) is 3.61. The summed E-state index contributed by atoms with van der Waals surface area (Å²) in [7, 11) is 0. The molecule has 0 radical (unpaired) electrons. The van der Waals surface area contributed by atoms with Gasteiger partial charge in [0.05, 0.1) is 12.2 Å². The number of likely N-dealkylation sites (tertiary alicyclic amines) is 1. The maximum atomic E-state index is 11.8. The lowest BCUT2D eigenvalue weighted by Crippen LogP contribution is -2.41. The molecule has 1 atom stereocenters. The summed E-state index contributed by atoms with van der Waals surface area (Å²) in [5.41, 5.74) is 2.43. The molecule has 0 spiro atoms. The number of anilines is 1. The molecule has 0 aromatic heterocycles. The molecule has 1 aromatic rings. The average molecular weight is 392 g/mol. The molecule has 0 bridgehead atoms. The van der Waals surface area contributed by atoms with Gasteiger partial charge >= 0.3 is 5.97 Å². The zero-order valence-corrected chi connectivity index (χ0v) is 17.7. The van der Waals surface area contributed by atoms with Gasteiger partial charge in [-0.1, -0.05) is 13.3 Å². The topological polar surface area (TPSA) is 53.6 Å². The molecule has 2 rings (SSSR count). The summed E-state index contributed by atoms with van der Waals surface area (Å²) in [4.78, 5) is 14.4. The number of nitrogens with one attached hydrogen (secondary N) is 2. The highest BCUT2D eigenvalue weighted by molar-refractivity contribution is 7.80. The third-order valence-corrected chi connectivity index (χ3v) is 5.36. The second-order valence-electron chi connectivity index (χ2n) is 7.08. The Hall–Kier alpha value is -1.66. The Morgan fingerprint density at radius 3 is 2.85 bits per heavy atom. The van der Waals surface area contributed by atoms with Crippen molar-refractivity contribution in [3.63, 3.8) is 0 Å². The highest BCUT2D eigenvalue weighted by atomic mass is 32.1. The van der Waals surface area contributed by atoms with Crippen molar-refractivity contribution < 1.29 is 9.53 Å². The first-order valence-electron chi connectivity index (χ1n) is 10.1. The van der Waals surface area contributed by atoms with Crippen molar-refractivity contribution in [3.05, 3.63) is 29.3 Å². The largest absolute Gasteiger partial charge is 0.462 e. The molecular formula is C21H33N3O2S. The highest BCUT2D eigenvalue weighted by Crippen LogP contribution is 2.19. The van der Waals surface area contributed by atoms with Crippen molar-refractivity contribution in [3.8, 4) is 0 Å². The van der Waals surface area contributed by atoms with E-state index in [-0.39, 0.29) is 5.97 Å².